The molecule has 120 valence electrons. The SMILES string of the molecule is C/C=C\C(=O)Nc1ccc(-c2cc(-c3nccs3)ccc2C)cc1. The highest BCUT2D eigenvalue weighted by Gasteiger charge is 2.07. The van der Waals surface area contributed by atoms with Crippen LogP contribution >= 0.6 is 11.3 Å². The van der Waals surface area contributed by atoms with E-state index in [1.54, 1.807) is 17.4 Å². The van der Waals surface area contributed by atoms with Crippen molar-refractivity contribution in [2.75, 3.05) is 5.32 Å². The maximum absolute atomic E-state index is 11.6. The number of allylic oxidation sites excluding steroid dienone is 1. The van der Waals surface area contributed by atoms with Crippen molar-refractivity contribution in [2.24, 2.45) is 0 Å². The number of aromatic nitrogens is 1. The number of rotatable bonds is 4. The Balaban J connectivity index is 1.89. The third-order valence-corrected chi connectivity index (χ3v) is 4.52. The lowest BCUT2D eigenvalue weighted by molar-refractivity contribution is -0.111. The number of hydrogen-bond donors (Lipinski definition) is 1. The average Bonchev–Trinajstić information content (AvgIpc) is 3.11. The van der Waals surface area contributed by atoms with Crippen LogP contribution in [0, 0.1) is 6.92 Å². The topological polar surface area (TPSA) is 42.0 Å². The third kappa shape index (κ3) is 3.60. The van der Waals surface area contributed by atoms with Gasteiger partial charge in [-0.15, -0.1) is 11.3 Å². The first-order valence-electron chi connectivity index (χ1n) is 7.72. The van der Waals surface area contributed by atoms with Crippen molar-refractivity contribution in [3.63, 3.8) is 0 Å². The maximum atomic E-state index is 11.6. The van der Waals surface area contributed by atoms with Gasteiger partial charge in [0.25, 0.3) is 0 Å². The van der Waals surface area contributed by atoms with Gasteiger partial charge in [-0.3, -0.25) is 4.79 Å². The summed E-state index contributed by atoms with van der Waals surface area (Å²) in [4.78, 5) is 16.0. The number of thiazole rings is 1. The van der Waals surface area contributed by atoms with Crippen molar-refractivity contribution in [3.8, 4) is 21.7 Å². The molecular formula is C20H18N2OS. The van der Waals surface area contributed by atoms with Crippen molar-refractivity contribution >= 4 is 22.9 Å². The fourth-order valence-corrected chi connectivity index (χ4v) is 3.14. The first-order valence-corrected chi connectivity index (χ1v) is 8.60. The summed E-state index contributed by atoms with van der Waals surface area (Å²) in [7, 11) is 0. The van der Waals surface area contributed by atoms with Crippen LogP contribution in [0.25, 0.3) is 21.7 Å². The lowest BCUT2D eigenvalue weighted by Gasteiger charge is -2.09. The zero-order valence-electron chi connectivity index (χ0n) is 13.6. The van der Waals surface area contributed by atoms with Crippen LogP contribution in [0.15, 0.2) is 66.2 Å². The number of carbonyl (C=O) groups excluding carboxylic acids is 1. The number of hydrogen-bond acceptors (Lipinski definition) is 3. The van der Waals surface area contributed by atoms with Crippen LogP contribution in [0.2, 0.25) is 0 Å². The van der Waals surface area contributed by atoms with Gasteiger partial charge < -0.3 is 5.32 Å². The standard InChI is InChI=1S/C20H18N2OS/c1-3-4-19(23)22-17-9-7-15(8-10-17)18-13-16(6-5-14(18)2)20-21-11-12-24-20/h3-13H,1-2H3,(H,22,23)/b4-3-. The largest absolute Gasteiger partial charge is 0.323 e. The normalized spacial score (nSPS) is 10.9. The summed E-state index contributed by atoms with van der Waals surface area (Å²) in [6.45, 7) is 3.92. The molecule has 0 saturated carbocycles. The Morgan fingerprint density at radius 2 is 1.88 bits per heavy atom. The minimum Gasteiger partial charge on any atom is -0.323 e. The molecule has 2 aromatic carbocycles. The Morgan fingerprint density at radius 1 is 1.12 bits per heavy atom. The number of aryl methyl sites for hydroxylation is 1. The quantitative estimate of drug-likeness (QED) is 0.658. The predicted molar refractivity (Wildman–Crippen MR) is 101 cm³/mol. The van der Waals surface area contributed by atoms with Crippen molar-refractivity contribution in [1.29, 1.82) is 0 Å². The lowest BCUT2D eigenvalue weighted by Crippen LogP contribution is -2.07. The van der Waals surface area contributed by atoms with Gasteiger partial charge in [-0.05, 0) is 54.8 Å². The molecule has 4 heteroatoms. The van der Waals surface area contributed by atoms with Gasteiger partial charge in [0.2, 0.25) is 5.91 Å². The van der Waals surface area contributed by atoms with Crippen LogP contribution in [-0.2, 0) is 4.79 Å². The second-order valence-electron chi connectivity index (χ2n) is 5.43. The highest BCUT2D eigenvalue weighted by molar-refractivity contribution is 7.13. The van der Waals surface area contributed by atoms with E-state index in [-0.39, 0.29) is 5.91 Å². The van der Waals surface area contributed by atoms with Gasteiger partial charge in [0.05, 0.1) is 0 Å². The van der Waals surface area contributed by atoms with E-state index in [1.807, 2.05) is 42.8 Å². The number of carbonyl (C=O) groups is 1. The van der Waals surface area contributed by atoms with Crippen molar-refractivity contribution in [3.05, 3.63) is 71.8 Å². The molecule has 0 unspecified atom stereocenters. The second-order valence-corrected chi connectivity index (χ2v) is 6.33. The van der Waals surface area contributed by atoms with E-state index in [0.717, 1.165) is 21.8 Å². The number of nitrogens with one attached hydrogen (secondary N) is 1. The minimum atomic E-state index is -0.118. The molecule has 0 aliphatic carbocycles. The Kier molecular flexibility index (Phi) is 4.87. The van der Waals surface area contributed by atoms with E-state index in [4.69, 9.17) is 0 Å². The van der Waals surface area contributed by atoms with Gasteiger partial charge in [0.15, 0.2) is 0 Å². The van der Waals surface area contributed by atoms with Crippen LogP contribution in [0.5, 0.6) is 0 Å². The van der Waals surface area contributed by atoms with Crippen LogP contribution in [0.4, 0.5) is 5.69 Å². The van der Waals surface area contributed by atoms with Gasteiger partial charge >= 0.3 is 0 Å². The molecule has 1 N–H and O–H groups in total. The molecule has 1 amide bonds. The van der Waals surface area contributed by atoms with Gasteiger partial charge in [0, 0.05) is 22.8 Å². The first-order chi connectivity index (χ1) is 11.7. The first kappa shape index (κ1) is 16.1. The second kappa shape index (κ2) is 7.23. The van der Waals surface area contributed by atoms with Crippen molar-refractivity contribution in [2.45, 2.75) is 13.8 Å². The highest BCUT2D eigenvalue weighted by atomic mass is 32.1. The van der Waals surface area contributed by atoms with E-state index in [2.05, 4.69) is 35.4 Å². The Morgan fingerprint density at radius 3 is 2.54 bits per heavy atom. The third-order valence-electron chi connectivity index (χ3n) is 3.70. The molecule has 3 nitrogen and oxygen atoms in total. The molecule has 0 bridgehead atoms. The molecule has 0 fully saturated rings. The Hall–Kier alpha value is -2.72. The van der Waals surface area contributed by atoms with E-state index in [0.29, 0.717) is 0 Å². The molecule has 0 saturated heterocycles. The number of anilines is 1. The lowest BCUT2D eigenvalue weighted by atomic mass is 9.98. The molecule has 0 aliphatic heterocycles. The molecule has 0 atom stereocenters. The predicted octanol–water partition coefficient (Wildman–Crippen LogP) is 5.30. The molecule has 0 radical (unpaired) electrons. The zero-order valence-corrected chi connectivity index (χ0v) is 14.4. The van der Waals surface area contributed by atoms with E-state index < -0.39 is 0 Å². The molecular weight excluding hydrogens is 316 g/mol. The van der Waals surface area contributed by atoms with Gasteiger partial charge in [-0.2, -0.15) is 0 Å². The van der Waals surface area contributed by atoms with Crippen LogP contribution in [0.3, 0.4) is 0 Å². The summed E-state index contributed by atoms with van der Waals surface area (Å²) in [5, 5.41) is 5.84. The molecule has 0 aliphatic rings. The van der Waals surface area contributed by atoms with Crippen LogP contribution in [-0.4, -0.2) is 10.9 Å². The number of benzene rings is 2. The fourth-order valence-electron chi connectivity index (χ4n) is 2.50. The molecule has 3 aromatic rings. The summed E-state index contributed by atoms with van der Waals surface area (Å²) in [5.41, 5.74) is 5.41. The minimum absolute atomic E-state index is 0.118. The number of amides is 1. The van der Waals surface area contributed by atoms with Crippen LogP contribution in [0.1, 0.15) is 12.5 Å². The van der Waals surface area contributed by atoms with Gasteiger partial charge in [0.1, 0.15) is 5.01 Å². The van der Waals surface area contributed by atoms with E-state index in [9.17, 15) is 4.79 Å². The number of nitrogens with zero attached hydrogens (tertiary/aromatic N) is 1. The monoisotopic (exact) mass is 334 g/mol. The summed E-state index contributed by atoms with van der Waals surface area (Å²) >= 11 is 1.63. The highest BCUT2D eigenvalue weighted by Crippen LogP contribution is 2.30. The molecule has 24 heavy (non-hydrogen) atoms. The fraction of sp³-hybridized carbons (Fsp3) is 0.100. The van der Waals surface area contributed by atoms with E-state index in [1.165, 1.54) is 17.2 Å². The smallest absolute Gasteiger partial charge is 0.248 e. The molecule has 1 aromatic heterocycles. The molecule has 3 rings (SSSR count). The van der Waals surface area contributed by atoms with Crippen molar-refractivity contribution < 1.29 is 4.79 Å². The van der Waals surface area contributed by atoms with Gasteiger partial charge in [-0.25, -0.2) is 4.98 Å². The van der Waals surface area contributed by atoms with Crippen molar-refractivity contribution in [1.82, 2.24) is 4.98 Å². The Labute approximate surface area is 145 Å². The summed E-state index contributed by atoms with van der Waals surface area (Å²) in [6.07, 6.45) is 5.05. The zero-order chi connectivity index (χ0) is 16.9. The summed E-state index contributed by atoms with van der Waals surface area (Å²) in [6, 6.07) is 14.3. The maximum Gasteiger partial charge on any atom is 0.248 e. The van der Waals surface area contributed by atoms with E-state index >= 15 is 0 Å². The van der Waals surface area contributed by atoms with Crippen LogP contribution < -0.4 is 5.32 Å². The molecule has 0 spiro atoms. The Bertz CT molecular complexity index is 865. The summed E-state index contributed by atoms with van der Waals surface area (Å²) in [5.74, 6) is -0.118. The van der Waals surface area contributed by atoms with Gasteiger partial charge in [-0.1, -0.05) is 30.3 Å². The summed E-state index contributed by atoms with van der Waals surface area (Å²) < 4.78 is 0. The molecule has 1 heterocycles. The average molecular weight is 334 g/mol.